The molecule has 1 unspecified atom stereocenters. The first-order valence-corrected chi connectivity index (χ1v) is 6.96. The highest BCUT2D eigenvalue weighted by Gasteiger charge is 2.68. The number of hydrogen-bond acceptors (Lipinski definition) is 2. The molecule has 0 radical (unpaired) electrons. The maximum absolute atomic E-state index is 10.6. The van der Waals surface area contributed by atoms with E-state index in [1.165, 1.54) is 5.57 Å². The van der Waals surface area contributed by atoms with Gasteiger partial charge in [0.25, 0.3) is 0 Å². The summed E-state index contributed by atoms with van der Waals surface area (Å²) in [6.07, 6.45) is 4.42. The second-order valence-corrected chi connectivity index (χ2v) is 6.83. The summed E-state index contributed by atoms with van der Waals surface area (Å²) in [5.41, 5.74) is 0.833. The number of aliphatic hydroxyl groups is 1. The van der Waals surface area contributed by atoms with E-state index in [1.807, 2.05) is 6.92 Å². The van der Waals surface area contributed by atoms with Crippen molar-refractivity contribution in [2.45, 2.75) is 63.8 Å². The van der Waals surface area contributed by atoms with E-state index in [4.69, 9.17) is 4.74 Å². The van der Waals surface area contributed by atoms with E-state index in [1.54, 1.807) is 0 Å². The molecule has 96 valence electrons. The Hall–Kier alpha value is -0.340. The smallest absolute Gasteiger partial charge is 0.0978 e. The number of epoxide rings is 1. The molecule has 1 N–H and O–H groups in total. The first kappa shape index (κ1) is 11.7. The first-order valence-electron chi connectivity index (χ1n) is 6.96. The second-order valence-electron chi connectivity index (χ2n) is 6.83. The maximum Gasteiger partial charge on any atom is 0.0978 e. The third-order valence-electron chi connectivity index (χ3n) is 5.55. The normalized spacial score (nSPS) is 53.2. The SMILES string of the molecule is C=C1CC[C@@]2(C(C)C)O[C@H]2C2[C@@H]1CC[C@@]2(C)O. The van der Waals surface area contributed by atoms with Crippen molar-refractivity contribution in [1.29, 1.82) is 0 Å². The van der Waals surface area contributed by atoms with E-state index in [9.17, 15) is 5.11 Å². The van der Waals surface area contributed by atoms with Crippen LogP contribution in [-0.4, -0.2) is 22.4 Å². The van der Waals surface area contributed by atoms with Crippen molar-refractivity contribution in [1.82, 2.24) is 0 Å². The van der Waals surface area contributed by atoms with Gasteiger partial charge in [0.1, 0.15) is 0 Å². The van der Waals surface area contributed by atoms with Crippen molar-refractivity contribution < 1.29 is 9.84 Å². The van der Waals surface area contributed by atoms with E-state index >= 15 is 0 Å². The molecule has 0 aromatic rings. The molecule has 2 aliphatic carbocycles. The lowest BCUT2D eigenvalue weighted by molar-refractivity contribution is 0.00193. The Balaban J connectivity index is 1.96. The fourth-order valence-corrected chi connectivity index (χ4v) is 4.30. The van der Waals surface area contributed by atoms with Crippen LogP contribution in [0.15, 0.2) is 12.2 Å². The predicted molar refractivity (Wildman–Crippen MR) is 67.7 cm³/mol. The van der Waals surface area contributed by atoms with Gasteiger partial charge in [-0.15, -0.1) is 0 Å². The van der Waals surface area contributed by atoms with E-state index < -0.39 is 5.60 Å². The molecule has 2 nitrogen and oxygen atoms in total. The molecular formula is C15H24O2. The van der Waals surface area contributed by atoms with E-state index in [-0.39, 0.29) is 17.6 Å². The van der Waals surface area contributed by atoms with Crippen LogP contribution in [0.1, 0.15) is 46.5 Å². The van der Waals surface area contributed by atoms with Crippen LogP contribution < -0.4 is 0 Å². The van der Waals surface area contributed by atoms with Gasteiger partial charge in [-0.2, -0.15) is 0 Å². The topological polar surface area (TPSA) is 32.8 Å². The molecule has 17 heavy (non-hydrogen) atoms. The molecule has 0 amide bonds. The summed E-state index contributed by atoms with van der Waals surface area (Å²) >= 11 is 0. The Morgan fingerprint density at radius 3 is 2.76 bits per heavy atom. The fourth-order valence-electron chi connectivity index (χ4n) is 4.30. The van der Waals surface area contributed by atoms with Gasteiger partial charge in [-0.1, -0.05) is 26.0 Å². The van der Waals surface area contributed by atoms with Crippen molar-refractivity contribution in [3.8, 4) is 0 Å². The van der Waals surface area contributed by atoms with Crippen LogP contribution in [0, 0.1) is 17.8 Å². The highest BCUT2D eigenvalue weighted by molar-refractivity contribution is 5.23. The average Bonchev–Trinajstić information content (AvgIpc) is 2.88. The molecule has 2 saturated carbocycles. The number of rotatable bonds is 1. The molecule has 0 aromatic heterocycles. The van der Waals surface area contributed by atoms with E-state index in [2.05, 4.69) is 20.4 Å². The summed E-state index contributed by atoms with van der Waals surface area (Å²) in [6.45, 7) is 10.7. The average molecular weight is 236 g/mol. The Labute approximate surface area is 104 Å². The molecule has 3 fully saturated rings. The van der Waals surface area contributed by atoms with Crippen LogP contribution in [0.4, 0.5) is 0 Å². The number of hydrogen-bond donors (Lipinski definition) is 1. The van der Waals surface area contributed by atoms with Crippen LogP contribution in [-0.2, 0) is 4.74 Å². The van der Waals surface area contributed by atoms with Gasteiger partial charge in [0.15, 0.2) is 0 Å². The highest BCUT2D eigenvalue weighted by Crippen LogP contribution is 2.61. The molecule has 1 saturated heterocycles. The zero-order valence-corrected chi connectivity index (χ0v) is 11.2. The van der Waals surface area contributed by atoms with E-state index in [0.29, 0.717) is 11.8 Å². The van der Waals surface area contributed by atoms with Gasteiger partial charge < -0.3 is 9.84 Å². The molecule has 0 aromatic carbocycles. The largest absolute Gasteiger partial charge is 0.390 e. The quantitative estimate of drug-likeness (QED) is 0.561. The van der Waals surface area contributed by atoms with Crippen molar-refractivity contribution >= 4 is 0 Å². The molecule has 5 atom stereocenters. The second kappa shape index (κ2) is 3.36. The molecular weight excluding hydrogens is 212 g/mol. The van der Waals surface area contributed by atoms with Crippen molar-refractivity contribution in [3.63, 3.8) is 0 Å². The number of allylic oxidation sites excluding steroid dienone is 1. The lowest BCUT2D eigenvalue weighted by atomic mass is 9.77. The lowest BCUT2D eigenvalue weighted by Crippen LogP contribution is -2.38. The highest BCUT2D eigenvalue weighted by atomic mass is 16.6. The number of ether oxygens (including phenoxy) is 1. The zero-order valence-electron chi connectivity index (χ0n) is 11.2. The van der Waals surface area contributed by atoms with Crippen molar-refractivity contribution in [2.24, 2.45) is 17.8 Å². The molecule has 1 aliphatic heterocycles. The first-order chi connectivity index (χ1) is 7.88. The minimum absolute atomic E-state index is 0.0384. The van der Waals surface area contributed by atoms with Crippen LogP contribution in [0.3, 0.4) is 0 Å². The minimum Gasteiger partial charge on any atom is -0.390 e. The zero-order chi connectivity index (χ0) is 12.4. The summed E-state index contributed by atoms with van der Waals surface area (Å²) in [5, 5.41) is 10.6. The summed E-state index contributed by atoms with van der Waals surface area (Å²) in [5.74, 6) is 1.30. The van der Waals surface area contributed by atoms with Crippen LogP contribution in [0.5, 0.6) is 0 Å². The molecule has 0 spiro atoms. The van der Waals surface area contributed by atoms with Gasteiger partial charge in [0.2, 0.25) is 0 Å². The van der Waals surface area contributed by atoms with Crippen molar-refractivity contribution in [3.05, 3.63) is 12.2 Å². The Kier molecular flexibility index (Phi) is 2.32. The van der Waals surface area contributed by atoms with E-state index in [0.717, 1.165) is 25.7 Å². The Morgan fingerprint density at radius 2 is 2.12 bits per heavy atom. The Bertz CT molecular complexity index is 358. The van der Waals surface area contributed by atoms with Crippen LogP contribution in [0.25, 0.3) is 0 Å². The van der Waals surface area contributed by atoms with Gasteiger partial charge in [-0.05, 0) is 44.4 Å². The fraction of sp³-hybridized carbons (Fsp3) is 0.867. The van der Waals surface area contributed by atoms with Crippen molar-refractivity contribution in [2.75, 3.05) is 0 Å². The lowest BCUT2D eigenvalue weighted by Gasteiger charge is -2.28. The summed E-state index contributed by atoms with van der Waals surface area (Å²) in [6, 6.07) is 0. The molecule has 2 heteroatoms. The van der Waals surface area contributed by atoms with Crippen LogP contribution >= 0.6 is 0 Å². The third-order valence-corrected chi connectivity index (χ3v) is 5.55. The minimum atomic E-state index is -0.556. The predicted octanol–water partition coefficient (Wildman–Crippen LogP) is 2.91. The standard InChI is InChI=1S/C15H24O2/c1-9(2)15-8-5-10(3)11-6-7-14(4,16)12(11)13(15)17-15/h9,11-13,16H,3,5-8H2,1-2,4H3/t11-,12?,13+,14-,15+/m1/s1. The van der Waals surface area contributed by atoms with Gasteiger partial charge in [-0.25, -0.2) is 0 Å². The van der Waals surface area contributed by atoms with Crippen LogP contribution in [0.2, 0.25) is 0 Å². The maximum atomic E-state index is 10.6. The van der Waals surface area contributed by atoms with Gasteiger partial charge in [0.05, 0.1) is 17.3 Å². The molecule has 3 rings (SSSR count). The van der Waals surface area contributed by atoms with Gasteiger partial charge >= 0.3 is 0 Å². The molecule has 3 aliphatic rings. The molecule has 1 heterocycles. The summed E-state index contributed by atoms with van der Waals surface area (Å²) in [7, 11) is 0. The monoisotopic (exact) mass is 236 g/mol. The third kappa shape index (κ3) is 1.47. The van der Waals surface area contributed by atoms with Gasteiger partial charge in [0, 0.05) is 5.92 Å². The van der Waals surface area contributed by atoms with Gasteiger partial charge in [-0.3, -0.25) is 0 Å². The summed E-state index contributed by atoms with van der Waals surface area (Å²) in [4.78, 5) is 0. The molecule has 0 bridgehead atoms. The Morgan fingerprint density at radius 1 is 1.41 bits per heavy atom. The number of fused-ring (bicyclic) bond motifs is 3. The summed E-state index contributed by atoms with van der Waals surface area (Å²) < 4.78 is 6.10.